The normalized spacial score (nSPS) is 23.5. The number of anilines is 1. The molecule has 1 saturated heterocycles. The Morgan fingerprint density at radius 1 is 1.33 bits per heavy atom. The van der Waals surface area contributed by atoms with E-state index in [2.05, 4.69) is 0 Å². The summed E-state index contributed by atoms with van der Waals surface area (Å²) in [6.45, 7) is 2.51. The maximum Gasteiger partial charge on any atom is 0.306 e. The van der Waals surface area contributed by atoms with Gasteiger partial charge in [0.25, 0.3) is 5.91 Å². The molecule has 2 aliphatic rings. The molecule has 0 radical (unpaired) electrons. The van der Waals surface area contributed by atoms with Crippen LogP contribution in [0.5, 0.6) is 5.75 Å². The third kappa shape index (κ3) is 3.06. The van der Waals surface area contributed by atoms with Crippen LogP contribution in [0, 0.1) is 11.8 Å². The number of carboxylic acid groups (broad SMARTS) is 1. The van der Waals surface area contributed by atoms with Crippen molar-refractivity contribution in [2.45, 2.75) is 13.3 Å². The Labute approximate surface area is 139 Å². The Hall–Kier alpha value is -2.57. The zero-order valence-corrected chi connectivity index (χ0v) is 13.5. The molecule has 0 aliphatic carbocycles. The summed E-state index contributed by atoms with van der Waals surface area (Å²) in [7, 11) is 0. The number of aliphatic carboxylic acids is 1. The number of likely N-dealkylation sites (tertiary alicyclic amines) is 1. The molecule has 24 heavy (non-hydrogen) atoms. The van der Waals surface area contributed by atoms with Crippen molar-refractivity contribution in [2.24, 2.45) is 11.8 Å². The number of para-hydroxylation sites is 2. The fourth-order valence-electron chi connectivity index (χ4n) is 3.30. The molecule has 7 heteroatoms. The van der Waals surface area contributed by atoms with Crippen LogP contribution in [0.15, 0.2) is 24.3 Å². The molecule has 2 amide bonds. The maximum atomic E-state index is 12.6. The van der Waals surface area contributed by atoms with Crippen LogP contribution in [0.1, 0.15) is 13.3 Å². The smallest absolute Gasteiger partial charge is 0.306 e. The van der Waals surface area contributed by atoms with Crippen LogP contribution in [0.3, 0.4) is 0 Å². The third-order valence-corrected chi connectivity index (χ3v) is 4.68. The van der Waals surface area contributed by atoms with Gasteiger partial charge in [-0.05, 0) is 24.5 Å². The number of piperidine rings is 1. The summed E-state index contributed by atoms with van der Waals surface area (Å²) in [6.07, 6.45) is 0.440. The number of carbonyl (C=O) groups is 3. The molecule has 128 valence electrons. The molecule has 0 aromatic heterocycles. The van der Waals surface area contributed by atoms with Crippen molar-refractivity contribution < 1.29 is 24.2 Å². The highest BCUT2D eigenvalue weighted by atomic mass is 16.5. The van der Waals surface area contributed by atoms with Crippen LogP contribution in [-0.4, -0.2) is 54.0 Å². The largest absolute Gasteiger partial charge is 0.482 e. The van der Waals surface area contributed by atoms with E-state index in [0.29, 0.717) is 30.9 Å². The lowest BCUT2D eigenvalue weighted by atomic mass is 9.87. The molecule has 0 saturated carbocycles. The van der Waals surface area contributed by atoms with Crippen molar-refractivity contribution in [3.63, 3.8) is 0 Å². The van der Waals surface area contributed by atoms with E-state index in [9.17, 15) is 14.4 Å². The summed E-state index contributed by atoms with van der Waals surface area (Å²) in [5.41, 5.74) is 0.593. The zero-order valence-electron chi connectivity index (χ0n) is 13.5. The highest BCUT2D eigenvalue weighted by Gasteiger charge is 2.35. The monoisotopic (exact) mass is 332 g/mol. The molecular weight excluding hydrogens is 312 g/mol. The van der Waals surface area contributed by atoms with Gasteiger partial charge in [-0.2, -0.15) is 0 Å². The third-order valence-electron chi connectivity index (χ3n) is 4.68. The Balaban J connectivity index is 1.69. The van der Waals surface area contributed by atoms with Gasteiger partial charge in [-0.3, -0.25) is 19.3 Å². The molecule has 7 nitrogen and oxygen atoms in total. The first-order valence-corrected chi connectivity index (χ1v) is 8.00. The number of rotatable bonds is 3. The number of nitrogens with zero attached hydrogens (tertiary/aromatic N) is 2. The second kappa shape index (κ2) is 6.51. The number of fused-ring (bicyclic) bond motifs is 1. The SMILES string of the molecule is CC1CN(C(=O)CN2C(=O)COc3ccccc32)CCC1C(=O)O. The van der Waals surface area contributed by atoms with E-state index >= 15 is 0 Å². The predicted octanol–water partition coefficient (Wildman–Crippen LogP) is 0.981. The number of amides is 2. The fourth-order valence-corrected chi connectivity index (χ4v) is 3.30. The first-order chi connectivity index (χ1) is 11.5. The van der Waals surface area contributed by atoms with Gasteiger partial charge >= 0.3 is 5.97 Å². The Kier molecular flexibility index (Phi) is 4.42. The van der Waals surface area contributed by atoms with E-state index in [1.54, 1.807) is 23.1 Å². The van der Waals surface area contributed by atoms with Crippen molar-refractivity contribution >= 4 is 23.5 Å². The van der Waals surface area contributed by atoms with Gasteiger partial charge in [0.1, 0.15) is 12.3 Å². The molecule has 2 unspecified atom stereocenters. The Morgan fingerprint density at radius 2 is 2.08 bits per heavy atom. The number of hydrogen-bond donors (Lipinski definition) is 1. The first-order valence-electron chi connectivity index (χ1n) is 8.00. The topological polar surface area (TPSA) is 87.2 Å². The minimum absolute atomic E-state index is 0.0519. The van der Waals surface area contributed by atoms with E-state index < -0.39 is 11.9 Å². The standard InChI is InChI=1S/C17H20N2O5/c1-11-8-18(7-6-12(11)17(22)23)15(20)9-19-13-4-2-3-5-14(13)24-10-16(19)21/h2-5,11-12H,6-10H2,1H3,(H,22,23). The van der Waals surface area contributed by atoms with Gasteiger partial charge in [0, 0.05) is 13.1 Å². The Bertz CT molecular complexity index is 675. The number of carboxylic acids is 1. The molecule has 0 spiro atoms. The molecule has 1 N–H and O–H groups in total. The quantitative estimate of drug-likeness (QED) is 0.891. The molecule has 3 rings (SSSR count). The molecule has 1 aromatic rings. The summed E-state index contributed by atoms with van der Waals surface area (Å²) in [4.78, 5) is 39.0. The van der Waals surface area contributed by atoms with Crippen molar-refractivity contribution in [3.8, 4) is 5.75 Å². The number of benzene rings is 1. The van der Waals surface area contributed by atoms with Crippen molar-refractivity contribution in [2.75, 3.05) is 31.1 Å². The van der Waals surface area contributed by atoms with Gasteiger partial charge in [0.15, 0.2) is 6.61 Å². The molecule has 2 atom stereocenters. The van der Waals surface area contributed by atoms with Gasteiger partial charge in [0.05, 0.1) is 11.6 Å². The number of carbonyl (C=O) groups excluding carboxylic acids is 2. The van der Waals surface area contributed by atoms with E-state index in [0.717, 1.165) is 0 Å². The van der Waals surface area contributed by atoms with Crippen LogP contribution in [-0.2, 0) is 14.4 Å². The average molecular weight is 332 g/mol. The van der Waals surface area contributed by atoms with Crippen LogP contribution in [0.4, 0.5) is 5.69 Å². The molecule has 2 aliphatic heterocycles. The minimum atomic E-state index is -0.813. The minimum Gasteiger partial charge on any atom is -0.482 e. The molecule has 1 fully saturated rings. The summed E-state index contributed by atoms with van der Waals surface area (Å²) in [5.74, 6) is -1.17. The van der Waals surface area contributed by atoms with Gasteiger partial charge < -0.3 is 14.7 Å². The Morgan fingerprint density at radius 3 is 2.79 bits per heavy atom. The van der Waals surface area contributed by atoms with Crippen LogP contribution < -0.4 is 9.64 Å². The average Bonchev–Trinajstić information content (AvgIpc) is 2.57. The van der Waals surface area contributed by atoms with E-state index in [1.807, 2.05) is 13.0 Å². The second-order valence-corrected chi connectivity index (χ2v) is 6.29. The molecule has 2 heterocycles. The molecule has 0 bridgehead atoms. The van der Waals surface area contributed by atoms with E-state index in [1.165, 1.54) is 4.90 Å². The second-order valence-electron chi connectivity index (χ2n) is 6.29. The van der Waals surface area contributed by atoms with E-state index in [-0.39, 0.29) is 30.9 Å². The van der Waals surface area contributed by atoms with Crippen LogP contribution in [0.2, 0.25) is 0 Å². The summed E-state index contributed by atoms with van der Waals surface area (Å²) < 4.78 is 5.37. The van der Waals surface area contributed by atoms with Gasteiger partial charge in [-0.1, -0.05) is 19.1 Å². The summed E-state index contributed by atoms with van der Waals surface area (Å²) >= 11 is 0. The maximum absolute atomic E-state index is 12.6. The lowest BCUT2D eigenvalue weighted by Crippen LogP contribution is -2.50. The van der Waals surface area contributed by atoms with Crippen molar-refractivity contribution in [1.82, 2.24) is 4.90 Å². The van der Waals surface area contributed by atoms with Gasteiger partial charge in [-0.25, -0.2) is 0 Å². The number of hydrogen-bond acceptors (Lipinski definition) is 4. The van der Waals surface area contributed by atoms with Gasteiger partial charge in [-0.15, -0.1) is 0 Å². The lowest BCUT2D eigenvalue weighted by Gasteiger charge is -2.36. The molecular formula is C17H20N2O5. The highest BCUT2D eigenvalue weighted by molar-refractivity contribution is 6.02. The van der Waals surface area contributed by atoms with Gasteiger partial charge in [0.2, 0.25) is 5.91 Å². The summed E-state index contributed by atoms with van der Waals surface area (Å²) in [5, 5.41) is 9.17. The highest BCUT2D eigenvalue weighted by Crippen LogP contribution is 2.31. The van der Waals surface area contributed by atoms with Crippen LogP contribution in [0.25, 0.3) is 0 Å². The first kappa shape index (κ1) is 16.3. The predicted molar refractivity (Wildman–Crippen MR) is 85.8 cm³/mol. The summed E-state index contributed by atoms with van der Waals surface area (Å²) in [6, 6.07) is 7.12. The van der Waals surface area contributed by atoms with Crippen LogP contribution >= 0.6 is 0 Å². The zero-order chi connectivity index (χ0) is 17.3. The lowest BCUT2D eigenvalue weighted by molar-refractivity contribution is -0.148. The fraction of sp³-hybridized carbons (Fsp3) is 0.471. The number of ether oxygens (including phenoxy) is 1. The molecule has 1 aromatic carbocycles. The van der Waals surface area contributed by atoms with E-state index in [4.69, 9.17) is 9.84 Å². The van der Waals surface area contributed by atoms with Crippen molar-refractivity contribution in [3.05, 3.63) is 24.3 Å². The van der Waals surface area contributed by atoms with Crippen molar-refractivity contribution in [1.29, 1.82) is 0 Å².